The zero-order valence-corrected chi connectivity index (χ0v) is 16.5. The molecule has 0 aliphatic carbocycles. The summed E-state index contributed by atoms with van der Waals surface area (Å²) < 4.78 is 0. The third kappa shape index (κ3) is 4.52. The lowest BCUT2D eigenvalue weighted by Gasteiger charge is -2.10. The topological polar surface area (TPSA) is 84.0 Å². The second kappa shape index (κ2) is 8.17. The average Bonchev–Trinajstić information content (AvgIpc) is 2.67. The first-order valence-corrected chi connectivity index (χ1v) is 9.26. The minimum Gasteiger partial charge on any atom is -0.348 e. The third-order valence-electron chi connectivity index (χ3n) is 4.54. The van der Waals surface area contributed by atoms with E-state index in [9.17, 15) is 9.59 Å². The van der Waals surface area contributed by atoms with Gasteiger partial charge in [0.2, 0.25) is 5.91 Å². The molecule has 0 aliphatic rings. The summed E-state index contributed by atoms with van der Waals surface area (Å²) in [5.74, 6) is -0.261. The maximum absolute atomic E-state index is 12.5. The Kier molecular flexibility index (Phi) is 5.68. The van der Waals surface area contributed by atoms with E-state index in [1.54, 1.807) is 12.1 Å². The highest BCUT2D eigenvalue weighted by molar-refractivity contribution is 5.97. The van der Waals surface area contributed by atoms with Crippen LogP contribution < -0.4 is 10.6 Å². The van der Waals surface area contributed by atoms with Crippen molar-refractivity contribution in [2.45, 2.75) is 34.2 Å². The molecule has 0 saturated carbocycles. The maximum atomic E-state index is 12.5. The van der Waals surface area contributed by atoms with Crippen LogP contribution in [0, 0.1) is 19.8 Å². The fourth-order valence-electron chi connectivity index (χ4n) is 2.65. The molecular formula is C22H24N4O2. The molecule has 6 heteroatoms. The summed E-state index contributed by atoms with van der Waals surface area (Å²) in [5, 5.41) is 5.76. The van der Waals surface area contributed by atoms with Crippen molar-refractivity contribution in [2.75, 3.05) is 5.32 Å². The number of aromatic nitrogens is 2. The molecule has 3 aromatic rings. The van der Waals surface area contributed by atoms with Crippen molar-refractivity contribution in [3.63, 3.8) is 0 Å². The van der Waals surface area contributed by atoms with Crippen molar-refractivity contribution >= 4 is 28.5 Å². The average molecular weight is 376 g/mol. The van der Waals surface area contributed by atoms with Gasteiger partial charge in [-0.25, -0.2) is 9.97 Å². The van der Waals surface area contributed by atoms with Gasteiger partial charge in [-0.05, 0) is 49.7 Å². The Labute approximate surface area is 164 Å². The molecular weight excluding hydrogens is 352 g/mol. The number of nitrogens with one attached hydrogen (secondary N) is 2. The summed E-state index contributed by atoms with van der Waals surface area (Å²) >= 11 is 0. The van der Waals surface area contributed by atoms with E-state index in [0.717, 1.165) is 28.2 Å². The van der Waals surface area contributed by atoms with Crippen LogP contribution in [0.2, 0.25) is 0 Å². The lowest BCUT2D eigenvalue weighted by atomic mass is 10.1. The summed E-state index contributed by atoms with van der Waals surface area (Å²) in [5.41, 5.74) is 5.47. The van der Waals surface area contributed by atoms with E-state index in [1.165, 1.54) is 0 Å². The van der Waals surface area contributed by atoms with E-state index in [1.807, 2.05) is 58.0 Å². The van der Waals surface area contributed by atoms with Crippen LogP contribution >= 0.6 is 0 Å². The molecule has 2 N–H and O–H groups in total. The number of carbonyl (C=O) groups excluding carboxylic acids is 2. The number of carbonyl (C=O) groups is 2. The van der Waals surface area contributed by atoms with Crippen LogP contribution in [0.1, 0.15) is 41.2 Å². The number of benzene rings is 2. The second-order valence-electron chi connectivity index (χ2n) is 7.12. The van der Waals surface area contributed by atoms with Crippen LogP contribution in [-0.4, -0.2) is 21.8 Å². The minimum atomic E-state index is -0.167. The second-order valence-corrected chi connectivity index (χ2v) is 7.12. The molecule has 0 aliphatic heterocycles. The molecule has 0 radical (unpaired) electrons. The van der Waals surface area contributed by atoms with Gasteiger partial charge < -0.3 is 10.6 Å². The summed E-state index contributed by atoms with van der Waals surface area (Å²) in [6.45, 7) is 7.91. The van der Waals surface area contributed by atoms with E-state index < -0.39 is 0 Å². The van der Waals surface area contributed by atoms with Crippen molar-refractivity contribution in [1.29, 1.82) is 0 Å². The monoisotopic (exact) mass is 376 g/mol. The van der Waals surface area contributed by atoms with Gasteiger partial charge in [0.05, 0.1) is 22.4 Å². The summed E-state index contributed by atoms with van der Waals surface area (Å²) in [7, 11) is 0. The van der Waals surface area contributed by atoms with Gasteiger partial charge in [-0.2, -0.15) is 0 Å². The van der Waals surface area contributed by atoms with Crippen molar-refractivity contribution < 1.29 is 9.59 Å². The zero-order chi connectivity index (χ0) is 20.3. The molecule has 144 valence electrons. The van der Waals surface area contributed by atoms with Crippen LogP contribution in [0.3, 0.4) is 0 Å². The number of rotatable bonds is 5. The standard InChI is InChI=1S/C22H24N4O2/c1-13(2)21(27)26-18-8-5-16(6-9-18)12-23-22(28)17-7-10-19-20(11-17)25-15(4)14(3)24-19/h5-11,13H,12H2,1-4H3,(H,23,28)(H,26,27). The molecule has 6 nitrogen and oxygen atoms in total. The first kappa shape index (κ1) is 19.5. The predicted octanol–water partition coefficient (Wildman–Crippen LogP) is 3.77. The molecule has 1 heterocycles. The number of nitrogens with zero attached hydrogens (tertiary/aromatic N) is 2. The van der Waals surface area contributed by atoms with Crippen molar-refractivity contribution in [1.82, 2.24) is 15.3 Å². The molecule has 28 heavy (non-hydrogen) atoms. The van der Waals surface area contributed by atoms with E-state index >= 15 is 0 Å². The van der Waals surface area contributed by atoms with Crippen molar-refractivity contribution in [3.8, 4) is 0 Å². The fraction of sp³-hybridized carbons (Fsp3) is 0.273. The Bertz CT molecular complexity index is 1030. The molecule has 2 amide bonds. The fourth-order valence-corrected chi connectivity index (χ4v) is 2.65. The Hall–Kier alpha value is -3.28. The van der Waals surface area contributed by atoms with Crippen LogP contribution in [0.15, 0.2) is 42.5 Å². The van der Waals surface area contributed by atoms with Gasteiger partial charge in [0.15, 0.2) is 0 Å². The Balaban J connectivity index is 1.64. The number of fused-ring (bicyclic) bond motifs is 1. The van der Waals surface area contributed by atoms with Gasteiger partial charge in [0.25, 0.3) is 5.91 Å². The molecule has 0 unspecified atom stereocenters. The highest BCUT2D eigenvalue weighted by Crippen LogP contribution is 2.15. The van der Waals surface area contributed by atoms with E-state index in [4.69, 9.17) is 0 Å². The maximum Gasteiger partial charge on any atom is 0.251 e. The first-order chi connectivity index (χ1) is 13.3. The molecule has 0 saturated heterocycles. The molecule has 3 rings (SSSR count). The number of amides is 2. The first-order valence-electron chi connectivity index (χ1n) is 9.26. The number of hydrogen-bond acceptors (Lipinski definition) is 4. The van der Waals surface area contributed by atoms with Gasteiger partial charge in [-0.3, -0.25) is 9.59 Å². The zero-order valence-electron chi connectivity index (χ0n) is 16.5. The highest BCUT2D eigenvalue weighted by atomic mass is 16.2. The predicted molar refractivity (Wildman–Crippen MR) is 110 cm³/mol. The van der Waals surface area contributed by atoms with Crippen LogP contribution in [0.5, 0.6) is 0 Å². The molecule has 0 spiro atoms. The third-order valence-corrected chi connectivity index (χ3v) is 4.54. The number of aryl methyl sites for hydroxylation is 2. The van der Waals surface area contributed by atoms with Gasteiger partial charge in [-0.15, -0.1) is 0 Å². The van der Waals surface area contributed by atoms with Crippen molar-refractivity contribution in [3.05, 3.63) is 65.0 Å². The lowest BCUT2D eigenvalue weighted by molar-refractivity contribution is -0.118. The number of hydrogen-bond donors (Lipinski definition) is 2. The van der Waals surface area contributed by atoms with Crippen LogP contribution in [0.4, 0.5) is 5.69 Å². The van der Waals surface area contributed by atoms with Gasteiger partial charge in [-0.1, -0.05) is 26.0 Å². The minimum absolute atomic E-state index is 0.0223. The van der Waals surface area contributed by atoms with Crippen molar-refractivity contribution in [2.24, 2.45) is 5.92 Å². The lowest BCUT2D eigenvalue weighted by Crippen LogP contribution is -2.23. The van der Waals surface area contributed by atoms with Crippen LogP contribution in [-0.2, 0) is 11.3 Å². The quantitative estimate of drug-likeness (QED) is 0.710. The summed E-state index contributed by atoms with van der Waals surface area (Å²) in [6.07, 6.45) is 0. The molecule has 0 atom stereocenters. The molecule has 0 fully saturated rings. The molecule has 2 aromatic carbocycles. The number of anilines is 1. The smallest absolute Gasteiger partial charge is 0.251 e. The van der Waals surface area contributed by atoms with Gasteiger partial charge in [0, 0.05) is 23.7 Å². The van der Waals surface area contributed by atoms with Gasteiger partial charge in [0.1, 0.15) is 0 Å². The van der Waals surface area contributed by atoms with Crippen LogP contribution in [0.25, 0.3) is 11.0 Å². The normalized spacial score (nSPS) is 10.9. The Morgan fingerprint density at radius 2 is 1.57 bits per heavy atom. The summed E-state index contributed by atoms with van der Waals surface area (Å²) in [6, 6.07) is 12.8. The van der Waals surface area contributed by atoms with E-state index in [0.29, 0.717) is 17.6 Å². The largest absolute Gasteiger partial charge is 0.348 e. The summed E-state index contributed by atoms with van der Waals surface area (Å²) in [4.78, 5) is 33.2. The van der Waals surface area contributed by atoms with E-state index in [2.05, 4.69) is 20.6 Å². The Morgan fingerprint density at radius 3 is 2.21 bits per heavy atom. The molecule has 1 aromatic heterocycles. The SMILES string of the molecule is Cc1nc2ccc(C(=O)NCc3ccc(NC(=O)C(C)C)cc3)cc2nc1C. The van der Waals surface area contributed by atoms with Gasteiger partial charge >= 0.3 is 0 Å². The van der Waals surface area contributed by atoms with E-state index in [-0.39, 0.29) is 17.7 Å². The molecule has 0 bridgehead atoms. The Morgan fingerprint density at radius 1 is 0.929 bits per heavy atom. The highest BCUT2D eigenvalue weighted by Gasteiger charge is 2.10.